The third-order valence-electron chi connectivity index (χ3n) is 2.49. The molecule has 1 aromatic carbocycles. The Morgan fingerprint density at radius 2 is 1.94 bits per heavy atom. The largest absolute Gasteiger partial charge is 0.357 e. The van der Waals surface area contributed by atoms with E-state index in [2.05, 4.69) is 47.6 Å². The lowest BCUT2D eigenvalue weighted by atomic mass is 10.1. The lowest BCUT2D eigenvalue weighted by Gasteiger charge is -2.16. The highest BCUT2D eigenvalue weighted by atomic mass is 15.3. The fourth-order valence-electron chi connectivity index (χ4n) is 1.63. The van der Waals surface area contributed by atoms with Gasteiger partial charge in [-0.25, -0.2) is 0 Å². The van der Waals surface area contributed by atoms with E-state index < -0.39 is 0 Å². The van der Waals surface area contributed by atoms with Gasteiger partial charge >= 0.3 is 0 Å². The average molecular weight is 233 g/mol. The van der Waals surface area contributed by atoms with Crippen LogP contribution in [0.15, 0.2) is 35.3 Å². The average Bonchev–Trinajstić information content (AvgIpc) is 2.34. The first kappa shape index (κ1) is 13.6. The summed E-state index contributed by atoms with van der Waals surface area (Å²) in [5.74, 6) is 0.973. The van der Waals surface area contributed by atoms with E-state index in [0.29, 0.717) is 0 Å². The number of rotatable bonds is 5. The molecule has 0 aliphatic rings. The lowest BCUT2D eigenvalue weighted by Crippen LogP contribution is -2.36. The lowest BCUT2D eigenvalue weighted by molar-refractivity contribution is 0.582. The van der Waals surface area contributed by atoms with Crippen molar-refractivity contribution in [1.29, 1.82) is 0 Å². The van der Waals surface area contributed by atoms with Crippen LogP contribution in [0.1, 0.15) is 18.9 Å². The maximum atomic E-state index is 4.56. The van der Waals surface area contributed by atoms with Crippen molar-refractivity contribution in [3.8, 4) is 0 Å². The van der Waals surface area contributed by atoms with Crippen molar-refractivity contribution in [3.63, 3.8) is 0 Å². The molecular weight excluding hydrogens is 210 g/mol. The van der Waals surface area contributed by atoms with Crippen molar-refractivity contribution >= 4 is 5.96 Å². The van der Waals surface area contributed by atoms with E-state index in [4.69, 9.17) is 0 Å². The molecule has 0 radical (unpaired) electrons. The quantitative estimate of drug-likeness (QED) is 0.479. The number of hydrogen-bond donors (Lipinski definition) is 1. The third kappa shape index (κ3) is 5.38. The van der Waals surface area contributed by atoms with Crippen molar-refractivity contribution in [3.05, 3.63) is 35.9 Å². The van der Waals surface area contributed by atoms with Crippen LogP contribution in [0.2, 0.25) is 0 Å². The Labute approximate surface area is 105 Å². The van der Waals surface area contributed by atoms with E-state index in [1.165, 1.54) is 5.56 Å². The van der Waals surface area contributed by atoms with Crippen molar-refractivity contribution in [2.75, 3.05) is 27.2 Å². The molecule has 0 aliphatic heterocycles. The summed E-state index contributed by atoms with van der Waals surface area (Å²) in [6.45, 7) is 3.87. The first-order chi connectivity index (χ1) is 8.24. The third-order valence-corrected chi connectivity index (χ3v) is 2.49. The molecule has 0 bridgehead atoms. The van der Waals surface area contributed by atoms with Crippen molar-refractivity contribution in [2.24, 2.45) is 4.99 Å². The smallest absolute Gasteiger partial charge is 0.193 e. The summed E-state index contributed by atoms with van der Waals surface area (Å²) in [5, 5.41) is 3.26. The fourth-order valence-corrected chi connectivity index (χ4v) is 1.63. The Balaban J connectivity index is 2.33. The van der Waals surface area contributed by atoms with E-state index in [1.807, 2.05) is 19.0 Å². The number of benzene rings is 1. The van der Waals surface area contributed by atoms with E-state index in [-0.39, 0.29) is 0 Å². The second-order valence-corrected chi connectivity index (χ2v) is 4.22. The molecule has 17 heavy (non-hydrogen) atoms. The molecular formula is C14H23N3. The summed E-state index contributed by atoms with van der Waals surface area (Å²) in [6.07, 6.45) is 2.18. The van der Waals surface area contributed by atoms with Gasteiger partial charge in [-0.3, -0.25) is 4.99 Å². The molecule has 0 saturated heterocycles. The minimum atomic E-state index is 0.870. The van der Waals surface area contributed by atoms with Gasteiger partial charge in [0.2, 0.25) is 0 Å². The zero-order chi connectivity index (χ0) is 12.5. The normalized spacial score (nSPS) is 11.4. The summed E-state index contributed by atoms with van der Waals surface area (Å²) < 4.78 is 0. The van der Waals surface area contributed by atoms with Crippen LogP contribution in [0.3, 0.4) is 0 Å². The van der Waals surface area contributed by atoms with E-state index in [9.17, 15) is 0 Å². The number of aryl methyl sites for hydroxylation is 1. The molecule has 1 N–H and O–H groups in total. The highest BCUT2D eigenvalue weighted by molar-refractivity contribution is 5.79. The van der Waals surface area contributed by atoms with Gasteiger partial charge in [-0.1, -0.05) is 30.3 Å². The molecule has 0 unspecified atom stereocenters. The second kappa shape index (κ2) is 7.71. The van der Waals surface area contributed by atoms with Crippen LogP contribution >= 0.6 is 0 Å². The Morgan fingerprint density at radius 1 is 1.24 bits per heavy atom. The zero-order valence-electron chi connectivity index (χ0n) is 11.1. The Kier molecular flexibility index (Phi) is 6.15. The number of guanidine groups is 1. The molecule has 1 aromatic rings. The van der Waals surface area contributed by atoms with Gasteiger partial charge in [0, 0.05) is 27.2 Å². The molecule has 0 saturated carbocycles. The number of aliphatic imine (C=N–C) groups is 1. The molecule has 0 aliphatic carbocycles. The Bertz CT molecular complexity index is 331. The topological polar surface area (TPSA) is 27.6 Å². The molecule has 94 valence electrons. The number of nitrogens with zero attached hydrogens (tertiary/aromatic N) is 2. The highest BCUT2D eigenvalue weighted by Gasteiger charge is 1.98. The second-order valence-electron chi connectivity index (χ2n) is 4.22. The standard InChI is InChI=1S/C14H23N3/c1-4-15-14(17(2)3)16-12-8-11-13-9-6-5-7-10-13/h5-7,9-10H,4,8,11-12H2,1-3H3,(H,15,16). The van der Waals surface area contributed by atoms with Crippen LogP contribution < -0.4 is 5.32 Å². The monoisotopic (exact) mass is 233 g/mol. The Morgan fingerprint density at radius 3 is 2.53 bits per heavy atom. The van der Waals surface area contributed by atoms with Crippen molar-refractivity contribution in [1.82, 2.24) is 10.2 Å². The number of nitrogens with one attached hydrogen (secondary N) is 1. The number of hydrogen-bond acceptors (Lipinski definition) is 1. The van der Waals surface area contributed by atoms with Crippen LogP contribution in [-0.2, 0) is 6.42 Å². The fraction of sp³-hybridized carbons (Fsp3) is 0.500. The molecule has 0 atom stereocenters. The van der Waals surface area contributed by atoms with Gasteiger partial charge in [0.05, 0.1) is 0 Å². The first-order valence-corrected chi connectivity index (χ1v) is 6.23. The van der Waals surface area contributed by atoms with Crippen molar-refractivity contribution < 1.29 is 0 Å². The minimum Gasteiger partial charge on any atom is -0.357 e. The molecule has 3 heteroatoms. The van der Waals surface area contributed by atoms with E-state index in [0.717, 1.165) is 31.9 Å². The van der Waals surface area contributed by atoms with Crippen LogP contribution in [0.5, 0.6) is 0 Å². The molecule has 0 amide bonds. The summed E-state index contributed by atoms with van der Waals surface area (Å²) in [7, 11) is 4.03. The molecule has 0 aromatic heterocycles. The predicted molar refractivity (Wildman–Crippen MR) is 74.4 cm³/mol. The van der Waals surface area contributed by atoms with Gasteiger partial charge in [-0.2, -0.15) is 0 Å². The van der Waals surface area contributed by atoms with Crippen LogP contribution in [0.25, 0.3) is 0 Å². The van der Waals surface area contributed by atoms with Crippen LogP contribution in [0, 0.1) is 0 Å². The summed E-state index contributed by atoms with van der Waals surface area (Å²) in [5.41, 5.74) is 1.39. The maximum Gasteiger partial charge on any atom is 0.193 e. The van der Waals surface area contributed by atoms with Crippen molar-refractivity contribution in [2.45, 2.75) is 19.8 Å². The van der Waals surface area contributed by atoms with Gasteiger partial charge in [0.25, 0.3) is 0 Å². The van der Waals surface area contributed by atoms with Crippen LogP contribution in [-0.4, -0.2) is 38.0 Å². The molecule has 3 nitrogen and oxygen atoms in total. The Hall–Kier alpha value is -1.51. The molecule has 0 fully saturated rings. The van der Waals surface area contributed by atoms with Crippen LogP contribution in [0.4, 0.5) is 0 Å². The maximum absolute atomic E-state index is 4.56. The molecule has 0 spiro atoms. The van der Waals surface area contributed by atoms with Gasteiger partial charge < -0.3 is 10.2 Å². The van der Waals surface area contributed by atoms with Gasteiger partial charge in [0.1, 0.15) is 0 Å². The zero-order valence-corrected chi connectivity index (χ0v) is 11.1. The SMILES string of the molecule is CCNC(=NCCCc1ccccc1)N(C)C. The summed E-state index contributed by atoms with van der Waals surface area (Å²) in [6, 6.07) is 10.6. The van der Waals surface area contributed by atoms with Gasteiger partial charge in [0.15, 0.2) is 5.96 Å². The van der Waals surface area contributed by atoms with E-state index >= 15 is 0 Å². The molecule has 1 rings (SSSR count). The highest BCUT2D eigenvalue weighted by Crippen LogP contribution is 2.02. The van der Waals surface area contributed by atoms with E-state index in [1.54, 1.807) is 0 Å². The summed E-state index contributed by atoms with van der Waals surface area (Å²) in [4.78, 5) is 6.58. The van der Waals surface area contributed by atoms with Gasteiger partial charge in [-0.15, -0.1) is 0 Å². The minimum absolute atomic E-state index is 0.870. The predicted octanol–water partition coefficient (Wildman–Crippen LogP) is 2.15. The summed E-state index contributed by atoms with van der Waals surface area (Å²) >= 11 is 0. The molecule has 0 heterocycles. The van der Waals surface area contributed by atoms with Gasteiger partial charge in [-0.05, 0) is 25.3 Å². The first-order valence-electron chi connectivity index (χ1n) is 6.23.